The molecule has 2 nitrogen and oxygen atoms in total. The highest BCUT2D eigenvalue weighted by Gasteiger charge is 2.03. The predicted octanol–water partition coefficient (Wildman–Crippen LogP) is 2.25. The van der Waals surface area contributed by atoms with Gasteiger partial charge in [0.1, 0.15) is 6.10 Å². The van der Waals surface area contributed by atoms with E-state index in [0.717, 1.165) is 12.8 Å². The lowest BCUT2D eigenvalue weighted by molar-refractivity contribution is 0.229. The van der Waals surface area contributed by atoms with Crippen molar-refractivity contribution in [2.45, 2.75) is 32.8 Å². The maximum Gasteiger partial charge on any atom is 0.256 e. The molecule has 0 radical (unpaired) electrons. The molecule has 0 unspecified atom stereocenters. The Kier molecular flexibility index (Phi) is 6.76. The molecule has 1 N–H and O–H groups in total. The average molecular weight is 187 g/mol. The summed E-state index contributed by atoms with van der Waals surface area (Å²) < 4.78 is 5.38. The van der Waals surface area contributed by atoms with E-state index in [0.29, 0.717) is 5.17 Å². The molecule has 12 heavy (non-hydrogen) atoms. The van der Waals surface area contributed by atoms with Crippen LogP contribution in [0, 0.1) is 0 Å². The molecule has 0 aromatic heterocycles. The van der Waals surface area contributed by atoms with Gasteiger partial charge >= 0.3 is 0 Å². The first-order valence-corrected chi connectivity index (χ1v) is 4.70. The van der Waals surface area contributed by atoms with E-state index in [1.165, 1.54) is 0 Å². The Hall–Kier alpha value is -0.570. The van der Waals surface area contributed by atoms with Crippen molar-refractivity contribution in [3.8, 4) is 0 Å². The van der Waals surface area contributed by atoms with Crippen molar-refractivity contribution in [2.75, 3.05) is 7.05 Å². The first kappa shape index (κ1) is 11.4. The van der Waals surface area contributed by atoms with Gasteiger partial charge in [0.25, 0.3) is 5.17 Å². The minimum Gasteiger partial charge on any atom is -0.464 e. The SMILES string of the molecule is CC/C=C/[C@H](CC)OC(=S)NC. The van der Waals surface area contributed by atoms with E-state index in [2.05, 4.69) is 25.2 Å². The molecule has 70 valence electrons. The van der Waals surface area contributed by atoms with Crippen LogP contribution in [0.15, 0.2) is 12.2 Å². The zero-order valence-corrected chi connectivity index (χ0v) is 8.78. The Balaban J connectivity index is 3.82. The van der Waals surface area contributed by atoms with Gasteiger partial charge in [-0.3, -0.25) is 0 Å². The van der Waals surface area contributed by atoms with E-state index >= 15 is 0 Å². The van der Waals surface area contributed by atoms with Crippen LogP contribution >= 0.6 is 12.2 Å². The normalized spacial score (nSPS) is 12.9. The van der Waals surface area contributed by atoms with Crippen molar-refractivity contribution in [3.63, 3.8) is 0 Å². The van der Waals surface area contributed by atoms with Crippen molar-refractivity contribution < 1.29 is 4.74 Å². The van der Waals surface area contributed by atoms with Gasteiger partial charge < -0.3 is 10.1 Å². The van der Waals surface area contributed by atoms with Gasteiger partial charge in [0.05, 0.1) is 0 Å². The molecule has 0 aliphatic heterocycles. The highest BCUT2D eigenvalue weighted by atomic mass is 32.1. The maximum atomic E-state index is 5.38. The molecule has 0 aliphatic rings. The largest absolute Gasteiger partial charge is 0.464 e. The van der Waals surface area contributed by atoms with Crippen molar-refractivity contribution >= 4 is 17.4 Å². The Morgan fingerprint density at radius 3 is 2.67 bits per heavy atom. The smallest absolute Gasteiger partial charge is 0.256 e. The maximum absolute atomic E-state index is 5.38. The van der Waals surface area contributed by atoms with Gasteiger partial charge in [-0.25, -0.2) is 0 Å². The lowest BCUT2D eigenvalue weighted by Crippen LogP contribution is -2.24. The van der Waals surface area contributed by atoms with Gasteiger partial charge in [-0.1, -0.05) is 19.9 Å². The summed E-state index contributed by atoms with van der Waals surface area (Å²) in [6.45, 7) is 4.17. The number of allylic oxidation sites excluding steroid dienone is 1. The molecule has 0 spiro atoms. The monoisotopic (exact) mass is 187 g/mol. The van der Waals surface area contributed by atoms with E-state index in [9.17, 15) is 0 Å². The molecule has 0 aliphatic carbocycles. The second-order valence-electron chi connectivity index (χ2n) is 2.44. The Morgan fingerprint density at radius 2 is 2.25 bits per heavy atom. The molecule has 0 heterocycles. The first-order valence-electron chi connectivity index (χ1n) is 4.29. The average Bonchev–Trinajstić information content (AvgIpc) is 2.11. The van der Waals surface area contributed by atoms with Crippen molar-refractivity contribution in [2.24, 2.45) is 0 Å². The van der Waals surface area contributed by atoms with Crippen molar-refractivity contribution in [3.05, 3.63) is 12.2 Å². The fraction of sp³-hybridized carbons (Fsp3) is 0.667. The third-order valence-corrected chi connectivity index (χ3v) is 1.75. The number of rotatable bonds is 4. The van der Waals surface area contributed by atoms with E-state index < -0.39 is 0 Å². The van der Waals surface area contributed by atoms with Gasteiger partial charge in [0.2, 0.25) is 0 Å². The number of ether oxygens (including phenoxy) is 1. The van der Waals surface area contributed by atoms with Crippen LogP contribution in [0.4, 0.5) is 0 Å². The molecule has 0 bridgehead atoms. The minimum atomic E-state index is 0.116. The summed E-state index contributed by atoms with van der Waals surface area (Å²) in [6.07, 6.45) is 6.23. The molecule has 0 rings (SSSR count). The van der Waals surface area contributed by atoms with Gasteiger partial charge in [-0.15, -0.1) is 0 Å². The fourth-order valence-electron chi connectivity index (χ4n) is 0.743. The third-order valence-electron chi connectivity index (χ3n) is 1.45. The van der Waals surface area contributed by atoms with Gasteiger partial charge in [-0.2, -0.15) is 0 Å². The second-order valence-corrected chi connectivity index (χ2v) is 2.81. The molecular weight excluding hydrogens is 170 g/mol. The van der Waals surface area contributed by atoms with E-state index in [1.54, 1.807) is 7.05 Å². The van der Waals surface area contributed by atoms with Crippen LogP contribution in [0.2, 0.25) is 0 Å². The predicted molar refractivity (Wildman–Crippen MR) is 56.3 cm³/mol. The molecule has 0 aromatic carbocycles. The summed E-state index contributed by atoms with van der Waals surface area (Å²) in [7, 11) is 1.76. The number of thiocarbonyl (C=S) groups is 1. The van der Waals surface area contributed by atoms with Crippen LogP contribution in [0.25, 0.3) is 0 Å². The molecule has 0 saturated heterocycles. The molecule has 1 atom stereocenters. The van der Waals surface area contributed by atoms with Gasteiger partial charge in [0, 0.05) is 7.05 Å². The van der Waals surface area contributed by atoms with Crippen LogP contribution in [-0.4, -0.2) is 18.3 Å². The Labute approximate surface area is 80.0 Å². The number of hydrogen-bond acceptors (Lipinski definition) is 2. The van der Waals surface area contributed by atoms with Crippen molar-refractivity contribution in [1.29, 1.82) is 0 Å². The molecule has 0 fully saturated rings. The van der Waals surface area contributed by atoms with E-state index in [1.807, 2.05) is 6.08 Å². The van der Waals surface area contributed by atoms with Crippen LogP contribution in [0.5, 0.6) is 0 Å². The van der Waals surface area contributed by atoms with E-state index in [-0.39, 0.29) is 6.10 Å². The van der Waals surface area contributed by atoms with Crippen LogP contribution in [0.3, 0.4) is 0 Å². The Morgan fingerprint density at radius 1 is 1.58 bits per heavy atom. The number of nitrogens with one attached hydrogen (secondary N) is 1. The second kappa shape index (κ2) is 7.10. The lowest BCUT2D eigenvalue weighted by Gasteiger charge is -2.13. The van der Waals surface area contributed by atoms with Crippen molar-refractivity contribution in [1.82, 2.24) is 5.32 Å². The van der Waals surface area contributed by atoms with Crippen LogP contribution < -0.4 is 5.32 Å². The summed E-state index contributed by atoms with van der Waals surface area (Å²) in [5.74, 6) is 0. The summed E-state index contributed by atoms with van der Waals surface area (Å²) in [6, 6.07) is 0. The molecule has 0 amide bonds. The lowest BCUT2D eigenvalue weighted by atomic mass is 10.2. The standard InChI is InChI=1S/C9H17NOS/c1-4-6-7-8(5-2)11-9(12)10-3/h6-8H,4-5H2,1-3H3,(H,10,12)/b7-6+/t8-/m0/s1. The quantitative estimate of drug-likeness (QED) is 0.539. The molecule has 0 saturated carbocycles. The Bertz CT molecular complexity index is 157. The van der Waals surface area contributed by atoms with Crippen LogP contribution in [0.1, 0.15) is 26.7 Å². The fourth-order valence-corrected chi connectivity index (χ4v) is 0.867. The number of hydrogen-bond donors (Lipinski definition) is 1. The highest BCUT2D eigenvalue weighted by molar-refractivity contribution is 7.80. The molecule has 3 heteroatoms. The summed E-state index contributed by atoms with van der Waals surface area (Å²) in [4.78, 5) is 0. The zero-order valence-electron chi connectivity index (χ0n) is 7.96. The van der Waals surface area contributed by atoms with E-state index in [4.69, 9.17) is 17.0 Å². The zero-order chi connectivity index (χ0) is 9.40. The highest BCUT2D eigenvalue weighted by Crippen LogP contribution is 2.01. The molecular formula is C9H17NOS. The van der Waals surface area contributed by atoms with Crippen LogP contribution in [-0.2, 0) is 4.74 Å². The third kappa shape index (κ3) is 5.13. The summed E-state index contributed by atoms with van der Waals surface area (Å²) in [5, 5.41) is 3.24. The summed E-state index contributed by atoms with van der Waals surface area (Å²) in [5.41, 5.74) is 0. The summed E-state index contributed by atoms with van der Waals surface area (Å²) >= 11 is 4.88. The first-order chi connectivity index (χ1) is 5.74. The minimum absolute atomic E-state index is 0.116. The topological polar surface area (TPSA) is 21.3 Å². The van der Waals surface area contributed by atoms with Gasteiger partial charge in [-0.05, 0) is 31.1 Å². The molecule has 0 aromatic rings. The van der Waals surface area contributed by atoms with Gasteiger partial charge in [0.15, 0.2) is 0 Å².